The van der Waals surface area contributed by atoms with Gasteiger partial charge in [0, 0.05) is 44.4 Å². The van der Waals surface area contributed by atoms with Crippen molar-refractivity contribution in [3.63, 3.8) is 0 Å². The maximum Gasteiger partial charge on any atom is 0.249 e. The predicted molar refractivity (Wildman–Crippen MR) is 77.3 cm³/mol. The third-order valence-corrected chi connectivity index (χ3v) is 3.60. The highest BCUT2D eigenvalue weighted by atomic mass is 16.5. The van der Waals surface area contributed by atoms with Gasteiger partial charge in [-0.05, 0) is 30.5 Å². The first-order chi connectivity index (χ1) is 10.2. The molecule has 0 radical (unpaired) electrons. The lowest BCUT2D eigenvalue weighted by Gasteiger charge is -2.11. The number of hydrogen-bond donors (Lipinski definition) is 1. The number of nitrogens with zero attached hydrogens (tertiary/aromatic N) is 3. The van der Waals surface area contributed by atoms with Crippen LogP contribution in [0.2, 0.25) is 0 Å². The molecular formula is C15H18N4O2. The molecule has 2 aromatic rings. The third kappa shape index (κ3) is 3.11. The van der Waals surface area contributed by atoms with E-state index in [1.54, 1.807) is 23.3 Å². The Morgan fingerprint density at radius 2 is 2.43 bits per heavy atom. The number of rotatable bonds is 4. The number of carbonyl (C=O) groups is 1. The molecule has 2 aromatic heterocycles. The molecule has 1 N–H and O–H groups in total. The van der Waals surface area contributed by atoms with E-state index in [0.29, 0.717) is 13.2 Å². The number of nitrogens with one attached hydrogen (secondary N) is 1. The van der Waals surface area contributed by atoms with Gasteiger partial charge in [-0.2, -0.15) is 5.10 Å². The molecule has 6 nitrogen and oxygen atoms in total. The van der Waals surface area contributed by atoms with Crippen LogP contribution in [0.3, 0.4) is 0 Å². The Morgan fingerprint density at radius 1 is 1.52 bits per heavy atom. The molecule has 0 saturated carbocycles. The normalized spacial score (nSPS) is 17.9. The molecule has 1 atom stereocenters. The van der Waals surface area contributed by atoms with Gasteiger partial charge in [0.25, 0.3) is 0 Å². The van der Waals surface area contributed by atoms with E-state index < -0.39 is 0 Å². The summed E-state index contributed by atoms with van der Waals surface area (Å²) in [7, 11) is 1.89. The molecule has 0 unspecified atom stereocenters. The van der Waals surface area contributed by atoms with Crippen LogP contribution in [0, 0.1) is 0 Å². The molecule has 0 spiro atoms. The molecule has 21 heavy (non-hydrogen) atoms. The lowest BCUT2D eigenvalue weighted by Crippen LogP contribution is -2.33. The number of ether oxygens (including phenoxy) is 1. The van der Waals surface area contributed by atoms with Crippen molar-refractivity contribution < 1.29 is 9.53 Å². The SMILES string of the molecule is Cn1nccc1-c1cncc(CNC(=O)[C@H]2CCCO2)c1. The van der Waals surface area contributed by atoms with Crippen LogP contribution in [0.1, 0.15) is 18.4 Å². The van der Waals surface area contributed by atoms with E-state index in [0.717, 1.165) is 29.7 Å². The molecule has 1 amide bonds. The van der Waals surface area contributed by atoms with E-state index in [1.807, 2.05) is 19.2 Å². The van der Waals surface area contributed by atoms with Crippen LogP contribution >= 0.6 is 0 Å². The van der Waals surface area contributed by atoms with Gasteiger partial charge in [0.2, 0.25) is 5.91 Å². The maximum absolute atomic E-state index is 11.9. The lowest BCUT2D eigenvalue weighted by atomic mass is 10.1. The quantitative estimate of drug-likeness (QED) is 0.919. The third-order valence-electron chi connectivity index (χ3n) is 3.60. The number of amides is 1. The molecule has 0 aliphatic carbocycles. The largest absolute Gasteiger partial charge is 0.368 e. The first kappa shape index (κ1) is 13.8. The smallest absolute Gasteiger partial charge is 0.249 e. The Hall–Kier alpha value is -2.21. The predicted octanol–water partition coefficient (Wildman–Crippen LogP) is 1.28. The summed E-state index contributed by atoms with van der Waals surface area (Å²) < 4.78 is 7.16. The standard InChI is InChI=1S/C15H18N4O2/c1-19-13(4-5-18-19)12-7-11(8-16-10-12)9-17-15(20)14-3-2-6-21-14/h4-5,7-8,10,14H,2-3,6,9H2,1H3,(H,17,20)/t14-/m1/s1. The first-order valence-corrected chi connectivity index (χ1v) is 7.05. The van der Waals surface area contributed by atoms with Crippen molar-refractivity contribution in [2.45, 2.75) is 25.5 Å². The Labute approximate surface area is 123 Å². The van der Waals surface area contributed by atoms with Crippen LogP contribution in [-0.2, 0) is 23.1 Å². The van der Waals surface area contributed by atoms with Crippen molar-refractivity contribution >= 4 is 5.91 Å². The summed E-state index contributed by atoms with van der Waals surface area (Å²) in [4.78, 5) is 16.1. The van der Waals surface area contributed by atoms with E-state index in [1.165, 1.54) is 0 Å². The summed E-state index contributed by atoms with van der Waals surface area (Å²) >= 11 is 0. The Morgan fingerprint density at radius 3 is 3.14 bits per heavy atom. The molecule has 1 saturated heterocycles. The number of carbonyl (C=O) groups excluding carboxylic acids is 1. The fourth-order valence-corrected chi connectivity index (χ4v) is 2.47. The number of aryl methyl sites for hydroxylation is 1. The van der Waals surface area contributed by atoms with Gasteiger partial charge < -0.3 is 10.1 Å². The van der Waals surface area contributed by atoms with E-state index in [-0.39, 0.29) is 12.0 Å². The molecule has 1 aliphatic heterocycles. The van der Waals surface area contributed by atoms with Crippen LogP contribution in [0.15, 0.2) is 30.7 Å². The minimum Gasteiger partial charge on any atom is -0.368 e. The Balaban J connectivity index is 1.66. The first-order valence-electron chi connectivity index (χ1n) is 7.05. The number of pyridine rings is 1. The minimum absolute atomic E-state index is 0.0431. The van der Waals surface area contributed by atoms with Gasteiger partial charge in [-0.25, -0.2) is 0 Å². The highest BCUT2D eigenvalue weighted by Crippen LogP contribution is 2.18. The van der Waals surface area contributed by atoms with Crippen LogP contribution in [0.25, 0.3) is 11.3 Å². The van der Waals surface area contributed by atoms with Crippen LogP contribution in [0.5, 0.6) is 0 Å². The van der Waals surface area contributed by atoms with Crippen molar-refractivity contribution in [1.82, 2.24) is 20.1 Å². The molecule has 6 heteroatoms. The lowest BCUT2D eigenvalue weighted by molar-refractivity contribution is -0.130. The van der Waals surface area contributed by atoms with Crippen molar-refractivity contribution in [3.05, 3.63) is 36.3 Å². The minimum atomic E-state index is -0.293. The summed E-state index contributed by atoms with van der Waals surface area (Å²) in [6, 6.07) is 3.95. The summed E-state index contributed by atoms with van der Waals surface area (Å²) in [6.45, 7) is 1.13. The van der Waals surface area contributed by atoms with Crippen LogP contribution in [0.4, 0.5) is 0 Å². The van der Waals surface area contributed by atoms with Gasteiger partial charge in [-0.15, -0.1) is 0 Å². The molecule has 0 aromatic carbocycles. The van der Waals surface area contributed by atoms with Crippen LogP contribution < -0.4 is 5.32 Å². The van der Waals surface area contributed by atoms with Crippen molar-refractivity contribution in [3.8, 4) is 11.3 Å². The van der Waals surface area contributed by atoms with E-state index >= 15 is 0 Å². The van der Waals surface area contributed by atoms with Gasteiger partial charge in [0.05, 0.1) is 5.69 Å². The average Bonchev–Trinajstić information content (AvgIpc) is 3.16. The number of aromatic nitrogens is 3. The second-order valence-corrected chi connectivity index (χ2v) is 5.14. The van der Waals surface area contributed by atoms with Gasteiger partial charge in [-0.1, -0.05) is 0 Å². The topological polar surface area (TPSA) is 69.0 Å². The second kappa shape index (κ2) is 6.05. The zero-order valence-electron chi connectivity index (χ0n) is 12.0. The summed E-state index contributed by atoms with van der Waals surface area (Å²) in [5, 5.41) is 7.05. The molecular weight excluding hydrogens is 268 g/mol. The maximum atomic E-state index is 11.9. The van der Waals surface area contributed by atoms with E-state index in [9.17, 15) is 4.79 Å². The highest BCUT2D eigenvalue weighted by molar-refractivity contribution is 5.80. The molecule has 3 heterocycles. The van der Waals surface area contributed by atoms with Gasteiger partial charge >= 0.3 is 0 Å². The molecule has 0 bridgehead atoms. The molecule has 1 aliphatic rings. The molecule has 1 fully saturated rings. The highest BCUT2D eigenvalue weighted by Gasteiger charge is 2.23. The van der Waals surface area contributed by atoms with Crippen LogP contribution in [-0.4, -0.2) is 33.4 Å². The Bertz CT molecular complexity index is 632. The number of hydrogen-bond acceptors (Lipinski definition) is 4. The van der Waals surface area contributed by atoms with Gasteiger partial charge in [-0.3, -0.25) is 14.5 Å². The average molecular weight is 286 g/mol. The fourth-order valence-electron chi connectivity index (χ4n) is 2.47. The molecule has 3 rings (SSSR count). The van der Waals surface area contributed by atoms with Gasteiger partial charge in [0.1, 0.15) is 6.10 Å². The zero-order valence-corrected chi connectivity index (χ0v) is 12.0. The second-order valence-electron chi connectivity index (χ2n) is 5.14. The zero-order chi connectivity index (χ0) is 14.7. The van der Waals surface area contributed by atoms with Gasteiger partial charge in [0.15, 0.2) is 0 Å². The van der Waals surface area contributed by atoms with Crippen molar-refractivity contribution in [2.24, 2.45) is 7.05 Å². The Kier molecular flexibility index (Phi) is 3.96. The van der Waals surface area contributed by atoms with Crippen molar-refractivity contribution in [1.29, 1.82) is 0 Å². The summed E-state index contributed by atoms with van der Waals surface area (Å²) in [5.74, 6) is -0.0431. The molecule has 110 valence electrons. The summed E-state index contributed by atoms with van der Waals surface area (Å²) in [6.07, 6.45) is 6.77. The van der Waals surface area contributed by atoms with Crippen molar-refractivity contribution in [2.75, 3.05) is 6.61 Å². The monoisotopic (exact) mass is 286 g/mol. The van der Waals surface area contributed by atoms with E-state index in [4.69, 9.17) is 4.74 Å². The van der Waals surface area contributed by atoms with E-state index in [2.05, 4.69) is 15.4 Å². The fraction of sp³-hybridized carbons (Fsp3) is 0.400. The summed E-state index contributed by atoms with van der Waals surface area (Å²) in [5.41, 5.74) is 2.94.